The van der Waals surface area contributed by atoms with Crippen LogP contribution in [0.5, 0.6) is 0 Å². The topological polar surface area (TPSA) is 38.1 Å². The summed E-state index contributed by atoms with van der Waals surface area (Å²) in [5.74, 6) is 0.126. The summed E-state index contributed by atoms with van der Waals surface area (Å²) < 4.78 is 1.79. The van der Waals surface area contributed by atoms with Gasteiger partial charge in [-0.2, -0.15) is 5.10 Å². The van der Waals surface area contributed by atoms with Crippen LogP contribution >= 0.6 is 15.9 Å². The molecule has 2 rings (SSSR count). The highest BCUT2D eigenvalue weighted by atomic mass is 79.9. The Hall–Kier alpha value is -0.840. The van der Waals surface area contributed by atoms with Crippen LogP contribution < -0.4 is 0 Å². The number of carbonyl (C=O) groups excluding carboxylic acids is 1. The quantitative estimate of drug-likeness (QED) is 0.757. The molecule has 0 saturated carbocycles. The number of halogens is 1. The molecule has 1 aliphatic heterocycles. The Morgan fingerprint density at radius 3 is 2.93 bits per heavy atom. The number of rotatable bonds is 2. The Morgan fingerprint density at radius 1 is 1.53 bits per heavy atom. The molecule has 1 amide bonds. The second-order valence-corrected chi connectivity index (χ2v) is 4.55. The van der Waals surface area contributed by atoms with E-state index in [2.05, 4.69) is 21.0 Å². The maximum atomic E-state index is 12.1. The molecule has 0 aromatic carbocycles. The van der Waals surface area contributed by atoms with Gasteiger partial charge in [-0.05, 0) is 6.92 Å². The molecular weight excluding hydrogens is 258 g/mol. The molecule has 0 aliphatic carbocycles. The van der Waals surface area contributed by atoms with Crippen molar-refractivity contribution in [2.24, 2.45) is 7.05 Å². The fourth-order valence-electron chi connectivity index (χ4n) is 1.95. The lowest BCUT2D eigenvalue weighted by atomic mass is 10.1. The molecule has 0 unspecified atom stereocenters. The first kappa shape index (κ1) is 10.7. The van der Waals surface area contributed by atoms with Gasteiger partial charge in [0.1, 0.15) is 0 Å². The summed E-state index contributed by atoms with van der Waals surface area (Å²) in [6.45, 7) is 3.50. The Bertz CT molecular complexity index is 400. The maximum Gasteiger partial charge on any atom is 0.257 e. The van der Waals surface area contributed by atoms with Gasteiger partial charge < -0.3 is 4.90 Å². The number of aromatic nitrogens is 2. The standard InChI is InChI=1S/C10H14BrN3O/c1-7-9-8(12-13(7)2)3-5-14(6-4-11)10(9)15/h3-6H2,1-2H3. The Labute approximate surface area is 97.4 Å². The highest BCUT2D eigenvalue weighted by Crippen LogP contribution is 2.20. The third-order valence-electron chi connectivity index (χ3n) is 2.88. The van der Waals surface area contributed by atoms with E-state index < -0.39 is 0 Å². The average Bonchev–Trinajstić information content (AvgIpc) is 2.49. The Kier molecular flexibility index (Phi) is 2.82. The highest BCUT2D eigenvalue weighted by molar-refractivity contribution is 9.09. The molecule has 5 heteroatoms. The molecule has 1 aromatic heterocycles. The van der Waals surface area contributed by atoms with Gasteiger partial charge in [0.25, 0.3) is 5.91 Å². The molecule has 1 aromatic rings. The third kappa shape index (κ3) is 1.69. The molecule has 0 N–H and O–H groups in total. The van der Waals surface area contributed by atoms with Crippen LogP contribution in [0.3, 0.4) is 0 Å². The fourth-order valence-corrected chi connectivity index (χ4v) is 2.37. The first-order valence-electron chi connectivity index (χ1n) is 5.03. The number of amides is 1. The minimum absolute atomic E-state index is 0.126. The van der Waals surface area contributed by atoms with Gasteiger partial charge in [0, 0.05) is 37.6 Å². The second-order valence-electron chi connectivity index (χ2n) is 3.76. The molecule has 4 nitrogen and oxygen atoms in total. The lowest BCUT2D eigenvalue weighted by Gasteiger charge is -2.25. The number of carbonyl (C=O) groups is 1. The van der Waals surface area contributed by atoms with E-state index in [9.17, 15) is 4.79 Å². The number of nitrogens with zero attached hydrogens (tertiary/aromatic N) is 3. The van der Waals surface area contributed by atoms with Gasteiger partial charge in [-0.3, -0.25) is 9.48 Å². The summed E-state index contributed by atoms with van der Waals surface area (Å²) in [5, 5.41) is 5.18. The largest absolute Gasteiger partial charge is 0.337 e. The van der Waals surface area contributed by atoms with Crippen molar-refractivity contribution in [3.05, 3.63) is 17.0 Å². The SMILES string of the molecule is Cc1c2c(nn1C)CCN(CCBr)C2=O. The molecule has 1 aliphatic rings. The van der Waals surface area contributed by atoms with Gasteiger partial charge in [0.05, 0.1) is 11.3 Å². The first-order valence-corrected chi connectivity index (χ1v) is 6.15. The van der Waals surface area contributed by atoms with Crippen LogP contribution in [0.25, 0.3) is 0 Å². The molecule has 0 bridgehead atoms. The van der Waals surface area contributed by atoms with Crippen molar-refractivity contribution in [1.29, 1.82) is 0 Å². The lowest BCUT2D eigenvalue weighted by molar-refractivity contribution is 0.0750. The van der Waals surface area contributed by atoms with Gasteiger partial charge in [0.2, 0.25) is 0 Å². The molecule has 0 spiro atoms. The van der Waals surface area contributed by atoms with Crippen LogP contribution in [0, 0.1) is 6.92 Å². The zero-order chi connectivity index (χ0) is 11.0. The van der Waals surface area contributed by atoms with E-state index in [-0.39, 0.29) is 5.91 Å². The van der Waals surface area contributed by atoms with Crippen molar-refractivity contribution >= 4 is 21.8 Å². The van der Waals surface area contributed by atoms with Crippen molar-refractivity contribution < 1.29 is 4.79 Å². The second kappa shape index (κ2) is 3.96. The van der Waals surface area contributed by atoms with Gasteiger partial charge in [0.15, 0.2) is 0 Å². The monoisotopic (exact) mass is 271 g/mol. The van der Waals surface area contributed by atoms with Crippen LogP contribution in [0.1, 0.15) is 21.7 Å². The van der Waals surface area contributed by atoms with Gasteiger partial charge in [-0.25, -0.2) is 0 Å². The molecule has 15 heavy (non-hydrogen) atoms. The number of hydrogen-bond acceptors (Lipinski definition) is 2. The van der Waals surface area contributed by atoms with E-state index in [4.69, 9.17) is 0 Å². The van der Waals surface area contributed by atoms with Gasteiger partial charge in [-0.15, -0.1) is 0 Å². The van der Waals surface area contributed by atoms with Crippen LogP contribution in [-0.2, 0) is 13.5 Å². The average molecular weight is 272 g/mol. The Morgan fingerprint density at radius 2 is 2.27 bits per heavy atom. The Balaban J connectivity index is 2.36. The normalized spacial score (nSPS) is 15.7. The summed E-state index contributed by atoms with van der Waals surface area (Å²) in [4.78, 5) is 14.0. The van der Waals surface area contributed by atoms with E-state index in [1.54, 1.807) is 4.68 Å². The van der Waals surface area contributed by atoms with Crippen molar-refractivity contribution in [3.63, 3.8) is 0 Å². The highest BCUT2D eigenvalue weighted by Gasteiger charge is 2.28. The summed E-state index contributed by atoms with van der Waals surface area (Å²) >= 11 is 3.36. The molecule has 2 heterocycles. The summed E-state index contributed by atoms with van der Waals surface area (Å²) in [5.41, 5.74) is 2.73. The van der Waals surface area contributed by atoms with Crippen molar-refractivity contribution in [2.75, 3.05) is 18.4 Å². The van der Waals surface area contributed by atoms with Gasteiger partial charge in [-0.1, -0.05) is 15.9 Å². The predicted octanol–water partition coefficient (Wildman–Crippen LogP) is 1.12. The van der Waals surface area contributed by atoms with Crippen LogP contribution in [-0.4, -0.2) is 39.0 Å². The molecular formula is C10H14BrN3O. The van der Waals surface area contributed by atoms with E-state index in [0.717, 1.165) is 41.8 Å². The number of aryl methyl sites for hydroxylation is 1. The smallest absolute Gasteiger partial charge is 0.257 e. The van der Waals surface area contributed by atoms with Gasteiger partial charge >= 0.3 is 0 Å². The minimum Gasteiger partial charge on any atom is -0.337 e. The van der Waals surface area contributed by atoms with E-state index in [0.29, 0.717) is 0 Å². The zero-order valence-corrected chi connectivity index (χ0v) is 10.5. The van der Waals surface area contributed by atoms with E-state index in [1.165, 1.54) is 0 Å². The third-order valence-corrected chi connectivity index (χ3v) is 3.24. The predicted molar refractivity (Wildman–Crippen MR) is 61.3 cm³/mol. The first-order chi connectivity index (χ1) is 7.15. The number of fused-ring (bicyclic) bond motifs is 1. The lowest BCUT2D eigenvalue weighted by Crippen LogP contribution is -2.38. The van der Waals surface area contributed by atoms with Crippen LogP contribution in [0.4, 0.5) is 0 Å². The fraction of sp³-hybridized carbons (Fsp3) is 0.600. The van der Waals surface area contributed by atoms with Crippen molar-refractivity contribution in [3.8, 4) is 0 Å². The summed E-state index contributed by atoms with van der Waals surface area (Å²) in [7, 11) is 1.88. The van der Waals surface area contributed by atoms with Crippen molar-refractivity contribution in [2.45, 2.75) is 13.3 Å². The summed E-state index contributed by atoms with van der Waals surface area (Å²) in [6.07, 6.45) is 0.871. The van der Waals surface area contributed by atoms with E-state index in [1.807, 2.05) is 18.9 Å². The van der Waals surface area contributed by atoms with Crippen LogP contribution in [0.15, 0.2) is 0 Å². The zero-order valence-electron chi connectivity index (χ0n) is 8.96. The number of alkyl halides is 1. The van der Waals surface area contributed by atoms with Crippen molar-refractivity contribution in [1.82, 2.24) is 14.7 Å². The molecule has 0 atom stereocenters. The molecule has 0 fully saturated rings. The maximum absolute atomic E-state index is 12.1. The molecule has 0 saturated heterocycles. The number of hydrogen-bond donors (Lipinski definition) is 0. The molecule has 0 radical (unpaired) electrons. The van der Waals surface area contributed by atoms with Crippen LogP contribution in [0.2, 0.25) is 0 Å². The molecule has 82 valence electrons. The van der Waals surface area contributed by atoms with E-state index >= 15 is 0 Å². The summed E-state index contributed by atoms with van der Waals surface area (Å²) in [6, 6.07) is 0. The minimum atomic E-state index is 0.126.